The molecule has 3 aromatic rings. The Morgan fingerprint density at radius 2 is 1.67 bits per heavy atom. The van der Waals surface area contributed by atoms with Crippen molar-refractivity contribution in [1.82, 2.24) is 19.4 Å². The zero-order chi connectivity index (χ0) is 23.5. The van der Waals surface area contributed by atoms with Crippen LogP contribution in [-0.4, -0.2) is 71.6 Å². The lowest BCUT2D eigenvalue weighted by Gasteiger charge is -2.35. The Kier molecular flexibility index (Phi) is 6.30. The third-order valence-electron chi connectivity index (χ3n) is 5.90. The minimum Gasteiger partial charge on any atom is -0.497 e. The number of carbonyl (C=O) groups is 2. The third-order valence-corrected chi connectivity index (χ3v) is 5.90. The molecule has 172 valence electrons. The number of rotatable bonds is 5. The summed E-state index contributed by atoms with van der Waals surface area (Å²) in [6.07, 6.45) is 0. The molecule has 0 radical (unpaired) electrons. The predicted octanol–water partition coefficient (Wildman–Crippen LogP) is 1.71. The van der Waals surface area contributed by atoms with Gasteiger partial charge in [0.05, 0.1) is 30.7 Å². The van der Waals surface area contributed by atoms with Crippen molar-refractivity contribution in [2.45, 2.75) is 13.5 Å². The summed E-state index contributed by atoms with van der Waals surface area (Å²) in [5, 5.41) is 0.486. The van der Waals surface area contributed by atoms with Crippen molar-refractivity contribution in [3.63, 3.8) is 0 Å². The monoisotopic (exact) mass is 450 g/mol. The zero-order valence-electron chi connectivity index (χ0n) is 18.9. The lowest BCUT2D eigenvalue weighted by atomic mass is 10.1. The highest BCUT2D eigenvalue weighted by Crippen LogP contribution is 2.26. The maximum Gasteiger partial charge on any atom is 0.261 e. The largest absolute Gasteiger partial charge is 0.497 e. The van der Waals surface area contributed by atoms with Gasteiger partial charge in [0.15, 0.2) is 0 Å². The first-order valence-corrected chi connectivity index (χ1v) is 10.7. The van der Waals surface area contributed by atoms with Crippen LogP contribution in [0.2, 0.25) is 0 Å². The number of aromatic nitrogens is 2. The van der Waals surface area contributed by atoms with Gasteiger partial charge >= 0.3 is 0 Å². The van der Waals surface area contributed by atoms with E-state index in [-0.39, 0.29) is 23.9 Å². The number of piperazine rings is 1. The molecular formula is C24H26N4O5. The second-order valence-corrected chi connectivity index (χ2v) is 7.81. The number of carbonyl (C=O) groups excluding carboxylic acids is 2. The van der Waals surface area contributed by atoms with Crippen molar-refractivity contribution >= 4 is 22.7 Å². The molecule has 0 spiro atoms. The quantitative estimate of drug-likeness (QED) is 0.588. The smallest absolute Gasteiger partial charge is 0.261 e. The Balaban J connectivity index is 1.43. The summed E-state index contributed by atoms with van der Waals surface area (Å²) in [6.45, 7) is 3.20. The van der Waals surface area contributed by atoms with E-state index in [1.54, 1.807) is 60.2 Å². The van der Waals surface area contributed by atoms with Gasteiger partial charge in [-0.25, -0.2) is 4.98 Å². The van der Waals surface area contributed by atoms with Crippen LogP contribution in [0.5, 0.6) is 11.5 Å². The van der Waals surface area contributed by atoms with Gasteiger partial charge in [-0.3, -0.25) is 19.0 Å². The Hall–Kier alpha value is -3.88. The Morgan fingerprint density at radius 3 is 2.36 bits per heavy atom. The topological polar surface area (TPSA) is 94.0 Å². The van der Waals surface area contributed by atoms with Crippen LogP contribution in [0.15, 0.2) is 47.3 Å². The molecule has 1 saturated heterocycles. The summed E-state index contributed by atoms with van der Waals surface area (Å²) < 4.78 is 11.9. The minimum atomic E-state index is -0.230. The number of ether oxygens (including phenoxy) is 2. The Labute approximate surface area is 191 Å². The lowest BCUT2D eigenvalue weighted by molar-refractivity contribution is -0.133. The van der Waals surface area contributed by atoms with Gasteiger partial charge in [0.2, 0.25) is 5.91 Å². The van der Waals surface area contributed by atoms with Crippen LogP contribution in [0.25, 0.3) is 10.9 Å². The van der Waals surface area contributed by atoms with E-state index in [9.17, 15) is 14.4 Å². The summed E-state index contributed by atoms with van der Waals surface area (Å²) in [7, 11) is 3.06. The van der Waals surface area contributed by atoms with Gasteiger partial charge in [-0.05, 0) is 31.2 Å². The fraction of sp³-hybridized carbons (Fsp3) is 0.333. The zero-order valence-corrected chi connectivity index (χ0v) is 18.9. The molecule has 9 heteroatoms. The molecule has 0 N–H and O–H groups in total. The SMILES string of the molecule is COc1ccc(C(=O)N2CCN(C(=O)Cn3c(C)nc4ccccc4c3=O)CC2)c(OC)c1. The number of hydrogen-bond acceptors (Lipinski definition) is 6. The molecule has 0 aliphatic carbocycles. The van der Waals surface area contributed by atoms with Crippen molar-refractivity contribution in [2.75, 3.05) is 40.4 Å². The molecule has 33 heavy (non-hydrogen) atoms. The molecule has 2 amide bonds. The second kappa shape index (κ2) is 9.32. The van der Waals surface area contributed by atoms with Crippen LogP contribution in [0.1, 0.15) is 16.2 Å². The molecule has 1 fully saturated rings. The van der Waals surface area contributed by atoms with E-state index in [2.05, 4.69) is 4.98 Å². The molecule has 0 atom stereocenters. The number of fused-ring (bicyclic) bond motifs is 1. The van der Waals surface area contributed by atoms with Crippen LogP contribution >= 0.6 is 0 Å². The molecule has 1 aromatic heterocycles. The fourth-order valence-electron chi connectivity index (χ4n) is 4.00. The number of amides is 2. The Morgan fingerprint density at radius 1 is 0.970 bits per heavy atom. The second-order valence-electron chi connectivity index (χ2n) is 7.81. The van der Waals surface area contributed by atoms with Crippen molar-refractivity contribution in [1.29, 1.82) is 0 Å². The average Bonchev–Trinajstić information content (AvgIpc) is 2.85. The molecule has 1 aliphatic heterocycles. The molecular weight excluding hydrogens is 424 g/mol. The highest BCUT2D eigenvalue weighted by molar-refractivity contribution is 5.97. The van der Waals surface area contributed by atoms with Crippen LogP contribution in [-0.2, 0) is 11.3 Å². The van der Waals surface area contributed by atoms with Crippen LogP contribution in [0.3, 0.4) is 0 Å². The highest BCUT2D eigenvalue weighted by Gasteiger charge is 2.27. The first kappa shape index (κ1) is 22.3. The summed E-state index contributed by atoms with van der Waals surface area (Å²) in [6, 6.07) is 12.2. The first-order valence-electron chi connectivity index (χ1n) is 10.7. The van der Waals surface area contributed by atoms with E-state index in [0.29, 0.717) is 60.0 Å². The fourth-order valence-corrected chi connectivity index (χ4v) is 4.00. The normalized spacial score (nSPS) is 13.8. The van der Waals surface area contributed by atoms with E-state index < -0.39 is 0 Å². The van der Waals surface area contributed by atoms with Crippen molar-refractivity contribution < 1.29 is 19.1 Å². The number of methoxy groups -OCH3 is 2. The van der Waals surface area contributed by atoms with E-state index in [1.165, 1.54) is 11.7 Å². The molecule has 2 heterocycles. The maximum atomic E-state index is 13.0. The maximum absolute atomic E-state index is 13.0. The third kappa shape index (κ3) is 4.39. The van der Waals surface area contributed by atoms with Crippen molar-refractivity contribution in [3.8, 4) is 11.5 Å². The van der Waals surface area contributed by atoms with Crippen molar-refractivity contribution in [3.05, 3.63) is 64.2 Å². The van der Waals surface area contributed by atoms with Crippen molar-refractivity contribution in [2.24, 2.45) is 0 Å². The summed E-state index contributed by atoms with van der Waals surface area (Å²) in [4.78, 5) is 46.6. The summed E-state index contributed by atoms with van der Waals surface area (Å²) >= 11 is 0. The van der Waals surface area contributed by atoms with Crippen LogP contribution < -0.4 is 15.0 Å². The van der Waals surface area contributed by atoms with Crippen LogP contribution in [0.4, 0.5) is 0 Å². The van der Waals surface area contributed by atoms with Gasteiger partial charge in [0, 0.05) is 32.2 Å². The predicted molar refractivity (Wildman–Crippen MR) is 123 cm³/mol. The lowest BCUT2D eigenvalue weighted by Crippen LogP contribution is -2.51. The minimum absolute atomic E-state index is 0.0806. The van der Waals surface area contributed by atoms with E-state index in [0.717, 1.165) is 0 Å². The van der Waals surface area contributed by atoms with E-state index in [4.69, 9.17) is 9.47 Å². The van der Waals surface area contributed by atoms with E-state index in [1.807, 2.05) is 6.07 Å². The highest BCUT2D eigenvalue weighted by atomic mass is 16.5. The van der Waals surface area contributed by atoms with Gasteiger partial charge in [-0.2, -0.15) is 0 Å². The first-order chi connectivity index (χ1) is 15.9. The van der Waals surface area contributed by atoms with E-state index >= 15 is 0 Å². The molecule has 2 aromatic carbocycles. The van der Waals surface area contributed by atoms with Gasteiger partial charge in [-0.1, -0.05) is 12.1 Å². The average molecular weight is 450 g/mol. The van der Waals surface area contributed by atoms with Gasteiger partial charge < -0.3 is 19.3 Å². The van der Waals surface area contributed by atoms with Gasteiger partial charge in [-0.15, -0.1) is 0 Å². The number of para-hydroxylation sites is 1. The number of benzene rings is 2. The molecule has 9 nitrogen and oxygen atoms in total. The molecule has 0 saturated carbocycles. The van der Waals surface area contributed by atoms with Gasteiger partial charge in [0.1, 0.15) is 23.9 Å². The summed E-state index contributed by atoms with van der Waals surface area (Å²) in [5.41, 5.74) is 0.833. The van der Waals surface area contributed by atoms with Gasteiger partial charge in [0.25, 0.3) is 11.5 Å². The van der Waals surface area contributed by atoms with Crippen LogP contribution in [0, 0.1) is 6.92 Å². The molecule has 1 aliphatic rings. The number of hydrogen-bond donors (Lipinski definition) is 0. The summed E-state index contributed by atoms with van der Waals surface area (Å²) in [5.74, 6) is 1.20. The Bertz CT molecular complexity index is 1260. The molecule has 0 bridgehead atoms. The molecule has 0 unspecified atom stereocenters. The number of nitrogens with zero attached hydrogens (tertiary/aromatic N) is 4. The standard InChI is InChI=1S/C24H26N4O5/c1-16-25-20-7-5-4-6-18(20)24(31)28(16)15-22(29)26-10-12-27(13-11-26)23(30)19-9-8-17(32-2)14-21(19)33-3/h4-9,14H,10-13,15H2,1-3H3. The molecule has 4 rings (SSSR count). The number of aryl methyl sites for hydroxylation is 1.